The van der Waals surface area contributed by atoms with Crippen LogP contribution in [-0.4, -0.2) is 29.9 Å². The van der Waals surface area contributed by atoms with Crippen molar-refractivity contribution >= 4 is 28.7 Å². The van der Waals surface area contributed by atoms with E-state index in [1.165, 1.54) is 11.3 Å². The summed E-state index contributed by atoms with van der Waals surface area (Å²) in [6, 6.07) is 5.64. The molecule has 1 aromatic carbocycles. The van der Waals surface area contributed by atoms with Crippen molar-refractivity contribution in [3.63, 3.8) is 0 Å². The van der Waals surface area contributed by atoms with Gasteiger partial charge in [-0.1, -0.05) is 0 Å². The molecule has 0 fully saturated rings. The Kier molecular flexibility index (Phi) is 3.40. The molecule has 2 aromatic rings. The molecule has 0 radical (unpaired) electrons. The van der Waals surface area contributed by atoms with Gasteiger partial charge < -0.3 is 9.47 Å². The van der Waals surface area contributed by atoms with Crippen LogP contribution in [0.25, 0.3) is 10.6 Å². The second-order valence-corrected chi connectivity index (χ2v) is 5.08. The average molecular weight is 296 g/mol. The van der Waals surface area contributed by atoms with Gasteiger partial charge in [0.1, 0.15) is 23.9 Å². The quantitative estimate of drug-likeness (QED) is 0.645. The molecular weight excluding hydrogens is 286 g/mol. The molecule has 0 saturated heterocycles. The van der Waals surface area contributed by atoms with Crippen LogP contribution in [0.2, 0.25) is 0 Å². The van der Waals surface area contributed by atoms with E-state index in [0.29, 0.717) is 24.7 Å². The van der Waals surface area contributed by atoms with E-state index in [1.54, 1.807) is 5.38 Å². The van der Waals surface area contributed by atoms with Gasteiger partial charge in [0.2, 0.25) is 0 Å². The molecule has 1 aliphatic heterocycles. The normalized spacial score (nSPS) is 13.3. The first-order valence-corrected chi connectivity index (χ1v) is 7.14. The summed E-state index contributed by atoms with van der Waals surface area (Å²) in [5.41, 5.74) is 1.31. The highest BCUT2D eigenvalue weighted by Crippen LogP contribution is 2.35. The molecule has 0 N–H and O–H groups in total. The zero-order valence-electron chi connectivity index (χ0n) is 9.89. The molecule has 3 rings (SSSR count). The van der Waals surface area contributed by atoms with Crippen molar-refractivity contribution in [3.05, 3.63) is 29.3 Å². The van der Waals surface area contributed by atoms with Gasteiger partial charge in [-0.2, -0.15) is 0 Å². The number of benzene rings is 1. The molecule has 0 unspecified atom stereocenters. The standard InChI is InChI=1S/C13H10ClNO3S/c14-6-10(16)9-7-19-13(15-9)8-1-2-11-12(5-8)18-4-3-17-11/h1-2,5,7H,3-4,6H2. The molecule has 19 heavy (non-hydrogen) atoms. The topological polar surface area (TPSA) is 48.4 Å². The van der Waals surface area contributed by atoms with Gasteiger partial charge in [-0.25, -0.2) is 4.98 Å². The number of ketones is 1. The number of carbonyl (C=O) groups is 1. The van der Waals surface area contributed by atoms with E-state index in [-0.39, 0.29) is 11.7 Å². The summed E-state index contributed by atoms with van der Waals surface area (Å²) in [7, 11) is 0. The van der Waals surface area contributed by atoms with Crippen LogP contribution in [0.3, 0.4) is 0 Å². The number of carbonyl (C=O) groups excluding carboxylic acids is 1. The van der Waals surface area contributed by atoms with Gasteiger partial charge in [0.25, 0.3) is 0 Å². The summed E-state index contributed by atoms with van der Waals surface area (Å²) in [4.78, 5) is 15.7. The number of ether oxygens (including phenoxy) is 2. The van der Waals surface area contributed by atoms with E-state index in [1.807, 2.05) is 18.2 Å². The van der Waals surface area contributed by atoms with Crippen molar-refractivity contribution in [1.82, 2.24) is 4.98 Å². The molecule has 6 heteroatoms. The number of aromatic nitrogens is 1. The summed E-state index contributed by atoms with van der Waals surface area (Å²) in [6.45, 7) is 1.11. The van der Waals surface area contributed by atoms with Crippen LogP contribution in [0.5, 0.6) is 11.5 Å². The minimum absolute atomic E-state index is 0.0513. The van der Waals surface area contributed by atoms with Crippen molar-refractivity contribution in [3.8, 4) is 22.1 Å². The van der Waals surface area contributed by atoms with Gasteiger partial charge in [0.15, 0.2) is 17.3 Å². The van der Waals surface area contributed by atoms with Gasteiger partial charge in [-0.15, -0.1) is 22.9 Å². The molecule has 0 aliphatic carbocycles. The predicted octanol–water partition coefficient (Wildman–Crippen LogP) is 3.00. The first kappa shape index (κ1) is 12.4. The zero-order chi connectivity index (χ0) is 13.2. The molecule has 1 aromatic heterocycles. The van der Waals surface area contributed by atoms with E-state index in [2.05, 4.69) is 4.98 Å². The third-order valence-corrected chi connectivity index (χ3v) is 3.83. The number of nitrogens with zero attached hydrogens (tertiary/aromatic N) is 1. The van der Waals surface area contributed by atoms with Crippen molar-refractivity contribution in [1.29, 1.82) is 0 Å². The van der Waals surface area contributed by atoms with Gasteiger partial charge >= 0.3 is 0 Å². The lowest BCUT2D eigenvalue weighted by Crippen LogP contribution is -2.15. The molecule has 0 bridgehead atoms. The number of thiazole rings is 1. The number of hydrogen-bond acceptors (Lipinski definition) is 5. The number of alkyl halides is 1. The van der Waals surface area contributed by atoms with Gasteiger partial charge in [-0.05, 0) is 18.2 Å². The Hall–Kier alpha value is -1.59. The summed E-state index contributed by atoms with van der Waals surface area (Å²) in [5, 5.41) is 2.49. The average Bonchev–Trinajstić information content (AvgIpc) is 2.95. The van der Waals surface area contributed by atoms with Crippen molar-refractivity contribution in [2.45, 2.75) is 0 Å². The van der Waals surface area contributed by atoms with E-state index in [0.717, 1.165) is 16.3 Å². The van der Waals surface area contributed by atoms with Crippen LogP contribution in [0.1, 0.15) is 10.5 Å². The largest absolute Gasteiger partial charge is 0.486 e. The number of rotatable bonds is 3. The van der Waals surface area contributed by atoms with E-state index >= 15 is 0 Å². The Bertz CT molecular complexity index is 626. The van der Waals surface area contributed by atoms with Crippen LogP contribution in [0, 0.1) is 0 Å². The van der Waals surface area contributed by atoms with Crippen molar-refractivity contribution in [2.75, 3.05) is 19.1 Å². The van der Waals surface area contributed by atoms with Gasteiger partial charge in [0.05, 0.1) is 5.88 Å². The Morgan fingerprint density at radius 3 is 2.89 bits per heavy atom. The highest BCUT2D eigenvalue weighted by Gasteiger charge is 2.15. The monoisotopic (exact) mass is 295 g/mol. The van der Waals surface area contributed by atoms with E-state index < -0.39 is 0 Å². The third-order valence-electron chi connectivity index (χ3n) is 2.70. The molecular formula is C13H10ClNO3S. The highest BCUT2D eigenvalue weighted by molar-refractivity contribution is 7.13. The Morgan fingerprint density at radius 1 is 1.32 bits per heavy atom. The summed E-state index contributed by atoms with van der Waals surface area (Å²) >= 11 is 6.93. The summed E-state index contributed by atoms with van der Waals surface area (Å²) < 4.78 is 11.0. The van der Waals surface area contributed by atoms with Gasteiger partial charge in [0, 0.05) is 10.9 Å². The molecule has 0 amide bonds. The van der Waals surface area contributed by atoms with Crippen LogP contribution >= 0.6 is 22.9 Å². The first-order chi connectivity index (χ1) is 9.28. The third kappa shape index (κ3) is 2.43. The molecule has 4 nitrogen and oxygen atoms in total. The number of Topliss-reactive ketones (excluding diaryl/α,β-unsaturated/α-hetero) is 1. The maximum absolute atomic E-state index is 11.5. The molecule has 0 spiro atoms. The highest BCUT2D eigenvalue weighted by atomic mass is 35.5. The SMILES string of the molecule is O=C(CCl)c1csc(-c2ccc3c(c2)OCCO3)n1. The lowest BCUT2D eigenvalue weighted by atomic mass is 10.2. The summed E-state index contributed by atoms with van der Waals surface area (Å²) in [6.07, 6.45) is 0. The fraction of sp³-hybridized carbons (Fsp3) is 0.231. The molecule has 1 aliphatic rings. The number of halogens is 1. The van der Waals surface area contributed by atoms with Crippen molar-refractivity contribution < 1.29 is 14.3 Å². The Morgan fingerprint density at radius 2 is 2.11 bits per heavy atom. The molecule has 98 valence electrons. The molecule has 2 heterocycles. The van der Waals surface area contributed by atoms with E-state index in [9.17, 15) is 4.79 Å². The first-order valence-electron chi connectivity index (χ1n) is 5.72. The lowest BCUT2D eigenvalue weighted by Gasteiger charge is -2.18. The Balaban J connectivity index is 1.93. The second kappa shape index (κ2) is 5.19. The molecule has 0 atom stereocenters. The Labute approximate surface area is 118 Å². The fourth-order valence-corrected chi connectivity index (χ4v) is 2.74. The smallest absolute Gasteiger partial charge is 0.196 e. The van der Waals surface area contributed by atoms with Crippen molar-refractivity contribution in [2.24, 2.45) is 0 Å². The van der Waals surface area contributed by atoms with Crippen LogP contribution < -0.4 is 9.47 Å². The van der Waals surface area contributed by atoms with Gasteiger partial charge in [-0.3, -0.25) is 4.79 Å². The second-order valence-electron chi connectivity index (χ2n) is 3.95. The lowest BCUT2D eigenvalue weighted by molar-refractivity contribution is 0.101. The molecule has 0 saturated carbocycles. The minimum atomic E-state index is -0.165. The zero-order valence-corrected chi connectivity index (χ0v) is 11.5. The van der Waals surface area contributed by atoms with Crippen LogP contribution in [-0.2, 0) is 0 Å². The fourth-order valence-electron chi connectivity index (χ4n) is 1.78. The minimum Gasteiger partial charge on any atom is -0.486 e. The number of fused-ring (bicyclic) bond motifs is 1. The van der Waals surface area contributed by atoms with Crippen LogP contribution in [0.4, 0.5) is 0 Å². The van der Waals surface area contributed by atoms with E-state index in [4.69, 9.17) is 21.1 Å². The maximum Gasteiger partial charge on any atom is 0.196 e. The van der Waals surface area contributed by atoms with Crippen LogP contribution in [0.15, 0.2) is 23.6 Å². The number of hydrogen-bond donors (Lipinski definition) is 0. The summed E-state index contributed by atoms with van der Waals surface area (Å²) in [5.74, 6) is 1.24. The maximum atomic E-state index is 11.5. The predicted molar refractivity (Wildman–Crippen MR) is 73.6 cm³/mol.